The van der Waals surface area contributed by atoms with E-state index < -0.39 is 6.10 Å². The van der Waals surface area contributed by atoms with Crippen LogP contribution in [0.2, 0.25) is 0 Å². The highest BCUT2D eigenvalue weighted by Crippen LogP contribution is 2.16. The minimum absolute atomic E-state index is 0.0805. The Labute approximate surface area is 390 Å². The van der Waals surface area contributed by atoms with Crippen molar-refractivity contribution in [3.8, 4) is 0 Å². The summed E-state index contributed by atoms with van der Waals surface area (Å²) in [5.41, 5.74) is 0. The standard InChI is InChI=1S/C57H102O6/c1-4-7-10-13-16-19-22-25-28-31-34-37-40-43-46-49-55(58)61-52-54(63-57(60)51-48-45-42-39-36-33-30-27-24-21-18-15-12-9-6-3)53-62-56(59)50-47-44-41-38-35-32-29-26-23-20-17-14-11-8-5-2/h7,10,16,19,25-26,28-29,54H,4-6,8-9,11-15,17-18,20-24,27,30-53H2,1-3H3. The number of hydrogen-bond acceptors (Lipinski definition) is 6. The molecule has 0 aliphatic carbocycles. The molecule has 0 fully saturated rings. The van der Waals surface area contributed by atoms with Crippen LogP contribution < -0.4 is 0 Å². The summed E-state index contributed by atoms with van der Waals surface area (Å²) >= 11 is 0. The zero-order valence-corrected chi connectivity index (χ0v) is 41.8. The van der Waals surface area contributed by atoms with Crippen molar-refractivity contribution in [2.24, 2.45) is 0 Å². The van der Waals surface area contributed by atoms with Crippen molar-refractivity contribution in [3.63, 3.8) is 0 Å². The highest BCUT2D eigenvalue weighted by atomic mass is 16.6. The average molecular weight is 883 g/mol. The van der Waals surface area contributed by atoms with Crippen LogP contribution in [-0.2, 0) is 28.6 Å². The Kier molecular flexibility index (Phi) is 49.8. The number of carbonyl (C=O) groups excluding carboxylic acids is 3. The molecule has 0 radical (unpaired) electrons. The quantitative estimate of drug-likeness (QED) is 0.0262. The molecular formula is C57H102O6. The molecule has 1 atom stereocenters. The SMILES string of the molecule is CCC=CCC=CCC=CCCCCCCCC(=O)OCC(COC(=O)CCCCCCCC=CCCCCCCCC)OC(=O)CCCCCCCCCCCCCCCCC. The first-order valence-electron chi connectivity index (χ1n) is 27.1. The van der Waals surface area contributed by atoms with E-state index in [-0.39, 0.29) is 31.1 Å². The Bertz CT molecular complexity index is 1110. The van der Waals surface area contributed by atoms with Crippen LogP contribution >= 0.6 is 0 Å². The van der Waals surface area contributed by atoms with Gasteiger partial charge in [-0.05, 0) is 77.0 Å². The molecule has 0 saturated heterocycles. The molecule has 0 aliphatic heterocycles. The molecule has 0 N–H and O–H groups in total. The molecule has 0 heterocycles. The van der Waals surface area contributed by atoms with Crippen molar-refractivity contribution < 1.29 is 28.6 Å². The molecule has 0 bridgehead atoms. The first-order chi connectivity index (χ1) is 31.0. The van der Waals surface area contributed by atoms with Gasteiger partial charge >= 0.3 is 17.9 Å². The van der Waals surface area contributed by atoms with E-state index in [1.54, 1.807) is 0 Å². The monoisotopic (exact) mass is 883 g/mol. The van der Waals surface area contributed by atoms with Crippen LogP contribution in [0.5, 0.6) is 0 Å². The van der Waals surface area contributed by atoms with Crippen molar-refractivity contribution in [2.45, 2.75) is 284 Å². The summed E-state index contributed by atoms with van der Waals surface area (Å²) in [6, 6.07) is 0. The molecule has 0 aromatic heterocycles. The normalized spacial score (nSPS) is 12.4. The summed E-state index contributed by atoms with van der Waals surface area (Å²) in [5, 5.41) is 0. The van der Waals surface area contributed by atoms with Crippen LogP contribution in [0.4, 0.5) is 0 Å². The topological polar surface area (TPSA) is 78.9 Å². The molecule has 1 unspecified atom stereocenters. The Morgan fingerprint density at radius 3 is 0.984 bits per heavy atom. The molecule has 6 heteroatoms. The lowest BCUT2D eigenvalue weighted by Crippen LogP contribution is -2.30. The average Bonchev–Trinajstić information content (AvgIpc) is 3.28. The van der Waals surface area contributed by atoms with Gasteiger partial charge in [0, 0.05) is 19.3 Å². The van der Waals surface area contributed by atoms with E-state index >= 15 is 0 Å². The number of carbonyl (C=O) groups is 3. The number of rotatable bonds is 49. The summed E-state index contributed by atoms with van der Waals surface area (Å²) in [5.74, 6) is -0.894. The van der Waals surface area contributed by atoms with Crippen molar-refractivity contribution in [1.82, 2.24) is 0 Å². The summed E-state index contributed by atoms with van der Waals surface area (Å²) in [6.07, 6.45) is 62.3. The van der Waals surface area contributed by atoms with Gasteiger partial charge in [-0.1, -0.05) is 230 Å². The molecule has 0 aromatic carbocycles. The van der Waals surface area contributed by atoms with Gasteiger partial charge in [-0.25, -0.2) is 0 Å². The summed E-state index contributed by atoms with van der Waals surface area (Å²) in [7, 11) is 0. The molecule has 0 aromatic rings. The number of allylic oxidation sites excluding steroid dienone is 8. The van der Waals surface area contributed by atoms with Gasteiger partial charge < -0.3 is 14.2 Å². The van der Waals surface area contributed by atoms with Gasteiger partial charge in [0.05, 0.1) is 0 Å². The molecule has 0 saturated carbocycles. The van der Waals surface area contributed by atoms with Gasteiger partial charge in [0.1, 0.15) is 13.2 Å². The fourth-order valence-corrected chi connectivity index (χ4v) is 7.75. The number of unbranched alkanes of at least 4 members (excludes halogenated alkanes) is 30. The zero-order valence-electron chi connectivity index (χ0n) is 41.8. The van der Waals surface area contributed by atoms with Crippen LogP contribution in [0.15, 0.2) is 48.6 Å². The fraction of sp³-hybridized carbons (Fsp3) is 0.807. The van der Waals surface area contributed by atoms with Gasteiger partial charge in [-0.3, -0.25) is 14.4 Å². The maximum Gasteiger partial charge on any atom is 0.306 e. The second-order valence-corrected chi connectivity index (χ2v) is 18.1. The van der Waals surface area contributed by atoms with Crippen LogP contribution in [-0.4, -0.2) is 37.2 Å². The van der Waals surface area contributed by atoms with E-state index in [0.29, 0.717) is 19.3 Å². The Morgan fingerprint density at radius 1 is 0.333 bits per heavy atom. The van der Waals surface area contributed by atoms with Gasteiger partial charge in [-0.15, -0.1) is 0 Å². The first-order valence-corrected chi connectivity index (χ1v) is 27.1. The van der Waals surface area contributed by atoms with Gasteiger partial charge in [0.15, 0.2) is 6.10 Å². The molecular weight excluding hydrogens is 781 g/mol. The maximum atomic E-state index is 12.8. The fourth-order valence-electron chi connectivity index (χ4n) is 7.75. The van der Waals surface area contributed by atoms with Gasteiger partial charge in [0.2, 0.25) is 0 Å². The Morgan fingerprint density at radius 2 is 0.619 bits per heavy atom. The predicted molar refractivity (Wildman–Crippen MR) is 270 cm³/mol. The smallest absolute Gasteiger partial charge is 0.306 e. The van der Waals surface area contributed by atoms with Crippen molar-refractivity contribution in [3.05, 3.63) is 48.6 Å². The van der Waals surface area contributed by atoms with E-state index in [2.05, 4.69) is 69.4 Å². The van der Waals surface area contributed by atoms with Crippen LogP contribution in [0.3, 0.4) is 0 Å². The number of ether oxygens (including phenoxy) is 3. The third kappa shape index (κ3) is 50.2. The van der Waals surface area contributed by atoms with E-state index in [1.165, 1.54) is 135 Å². The molecule has 0 aliphatic rings. The summed E-state index contributed by atoms with van der Waals surface area (Å²) in [6.45, 7) is 6.52. The van der Waals surface area contributed by atoms with E-state index in [9.17, 15) is 14.4 Å². The molecule has 63 heavy (non-hydrogen) atoms. The van der Waals surface area contributed by atoms with Gasteiger partial charge in [0.25, 0.3) is 0 Å². The number of esters is 3. The third-order valence-corrected chi connectivity index (χ3v) is 11.8. The van der Waals surface area contributed by atoms with Crippen LogP contribution in [0, 0.1) is 0 Å². The molecule has 6 nitrogen and oxygen atoms in total. The minimum atomic E-state index is -0.780. The highest BCUT2D eigenvalue weighted by molar-refractivity contribution is 5.71. The predicted octanol–water partition coefficient (Wildman–Crippen LogP) is 17.9. The van der Waals surface area contributed by atoms with E-state index in [0.717, 1.165) is 103 Å². The first kappa shape index (κ1) is 60.4. The minimum Gasteiger partial charge on any atom is -0.462 e. The second kappa shape index (κ2) is 52.0. The Hall–Kier alpha value is -2.63. The highest BCUT2D eigenvalue weighted by Gasteiger charge is 2.19. The lowest BCUT2D eigenvalue weighted by molar-refractivity contribution is -0.167. The largest absolute Gasteiger partial charge is 0.462 e. The van der Waals surface area contributed by atoms with Gasteiger partial charge in [-0.2, -0.15) is 0 Å². The molecule has 366 valence electrons. The second-order valence-electron chi connectivity index (χ2n) is 18.1. The molecule has 0 rings (SSSR count). The van der Waals surface area contributed by atoms with E-state index in [4.69, 9.17) is 14.2 Å². The Balaban J connectivity index is 4.39. The van der Waals surface area contributed by atoms with Crippen LogP contribution in [0.25, 0.3) is 0 Å². The maximum absolute atomic E-state index is 12.8. The van der Waals surface area contributed by atoms with E-state index in [1.807, 2.05) is 0 Å². The van der Waals surface area contributed by atoms with Crippen molar-refractivity contribution in [2.75, 3.05) is 13.2 Å². The number of hydrogen-bond donors (Lipinski definition) is 0. The third-order valence-electron chi connectivity index (χ3n) is 11.8. The lowest BCUT2D eigenvalue weighted by Gasteiger charge is -2.18. The van der Waals surface area contributed by atoms with Crippen molar-refractivity contribution >= 4 is 17.9 Å². The molecule has 0 amide bonds. The zero-order chi connectivity index (χ0) is 45.8. The summed E-state index contributed by atoms with van der Waals surface area (Å²) in [4.78, 5) is 38.0. The molecule has 0 spiro atoms. The van der Waals surface area contributed by atoms with Crippen molar-refractivity contribution in [1.29, 1.82) is 0 Å². The van der Waals surface area contributed by atoms with Crippen LogP contribution in [0.1, 0.15) is 278 Å². The summed E-state index contributed by atoms with van der Waals surface area (Å²) < 4.78 is 16.8. The lowest BCUT2D eigenvalue weighted by atomic mass is 10.0.